The van der Waals surface area contributed by atoms with Gasteiger partial charge < -0.3 is 10.2 Å². The molecule has 2 rings (SSSR count). The third kappa shape index (κ3) is 3.45. The van der Waals surface area contributed by atoms with Crippen LogP contribution < -0.4 is 5.32 Å². The van der Waals surface area contributed by atoms with Gasteiger partial charge in [-0.05, 0) is 64.5 Å². The van der Waals surface area contributed by atoms with Crippen LogP contribution in [0.5, 0.6) is 0 Å². The smallest absolute Gasteiger partial charge is 0.00940 e. The zero-order valence-corrected chi connectivity index (χ0v) is 12.1. The predicted octanol–water partition coefficient (Wildman–Crippen LogP) is 2.88. The molecule has 0 aromatic heterocycles. The maximum Gasteiger partial charge on any atom is 0.00940 e. The normalized spacial score (nSPS) is 32.1. The molecular formula is C15H30N2. The van der Waals surface area contributed by atoms with Gasteiger partial charge in [0.1, 0.15) is 0 Å². The first-order chi connectivity index (χ1) is 8.06. The molecule has 100 valence electrons. The maximum atomic E-state index is 3.87. The number of rotatable bonds is 4. The van der Waals surface area contributed by atoms with Crippen molar-refractivity contribution in [3.05, 3.63) is 0 Å². The topological polar surface area (TPSA) is 15.3 Å². The number of nitrogens with zero attached hydrogens (tertiary/aromatic N) is 1. The van der Waals surface area contributed by atoms with Gasteiger partial charge in [0.25, 0.3) is 0 Å². The molecule has 0 radical (unpaired) electrons. The zero-order valence-electron chi connectivity index (χ0n) is 12.1. The number of hydrogen-bond acceptors (Lipinski definition) is 2. The van der Waals surface area contributed by atoms with Gasteiger partial charge in [0.05, 0.1) is 0 Å². The van der Waals surface area contributed by atoms with Crippen LogP contribution in [-0.4, -0.2) is 36.1 Å². The average Bonchev–Trinajstić information content (AvgIpc) is 2.23. The van der Waals surface area contributed by atoms with E-state index in [1.54, 1.807) is 0 Å². The number of piperidine rings is 1. The fourth-order valence-corrected chi connectivity index (χ4v) is 3.26. The van der Waals surface area contributed by atoms with Crippen molar-refractivity contribution < 1.29 is 0 Å². The molecule has 2 nitrogen and oxygen atoms in total. The Kier molecular flexibility index (Phi) is 4.48. The van der Waals surface area contributed by atoms with E-state index in [1.807, 2.05) is 0 Å². The van der Waals surface area contributed by atoms with Gasteiger partial charge in [-0.2, -0.15) is 0 Å². The molecule has 0 aromatic rings. The van der Waals surface area contributed by atoms with Crippen molar-refractivity contribution in [2.45, 2.75) is 71.5 Å². The van der Waals surface area contributed by atoms with Gasteiger partial charge in [-0.25, -0.2) is 0 Å². The fraction of sp³-hybridized carbons (Fsp3) is 1.00. The Labute approximate surface area is 107 Å². The van der Waals surface area contributed by atoms with Gasteiger partial charge >= 0.3 is 0 Å². The number of likely N-dealkylation sites (tertiary alicyclic amines) is 1. The minimum absolute atomic E-state index is 0.727. The minimum atomic E-state index is 0.727. The lowest BCUT2D eigenvalue weighted by atomic mass is 9.73. The Morgan fingerprint density at radius 1 is 0.941 bits per heavy atom. The fourth-order valence-electron chi connectivity index (χ4n) is 3.26. The molecule has 1 aliphatic heterocycles. The summed E-state index contributed by atoms with van der Waals surface area (Å²) in [4.78, 5) is 2.61. The van der Waals surface area contributed by atoms with E-state index < -0.39 is 0 Å². The lowest BCUT2D eigenvalue weighted by molar-refractivity contribution is 0.118. The van der Waals surface area contributed by atoms with Crippen molar-refractivity contribution >= 4 is 0 Å². The van der Waals surface area contributed by atoms with E-state index in [0.717, 1.165) is 30.0 Å². The molecular weight excluding hydrogens is 208 g/mol. The highest BCUT2D eigenvalue weighted by Gasteiger charge is 2.33. The molecule has 0 aromatic carbocycles. The van der Waals surface area contributed by atoms with E-state index in [9.17, 15) is 0 Å². The summed E-state index contributed by atoms with van der Waals surface area (Å²) in [5, 5.41) is 3.87. The van der Waals surface area contributed by atoms with E-state index in [4.69, 9.17) is 0 Å². The molecule has 1 saturated heterocycles. The molecule has 0 atom stereocenters. The van der Waals surface area contributed by atoms with Crippen molar-refractivity contribution in [3.63, 3.8) is 0 Å². The summed E-state index contributed by atoms with van der Waals surface area (Å²) in [6, 6.07) is 2.35. The first kappa shape index (κ1) is 13.4. The Balaban J connectivity index is 1.63. The first-order valence-electron chi connectivity index (χ1n) is 7.56. The quantitative estimate of drug-likeness (QED) is 0.810. The van der Waals surface area contributed by atoms with E-state index in [1.165, 1.54) is 38.8 Å². The molecule has 1 aliphatic carbocycles. The third-order valence-corrected chi connectivity index (χ3v) is 4.85. The van der Waals surface area contributed by atoms with Gasteiger partial charge in [0, 0.05) is 18.1 Å². The van der Waals surface area contributed by atoms with Crippen LogP contribution in [0.1, 0.15) is 53.4 Å². The summed E-state index contributed by atoms with van der Waals surface area (Å²) in [6.45, 7) is 11.9. The van der Waals surface area contributed by atoms with Crippen LogP contribution in [0, 0.1) is 11.8 Å². The second kappa shape index (κ2) is 5.71. The van der Waals surface area contributed by atoms with Crippen LogP contribution in [-0.2, 0) is 0 Å². The Morgan fingerprint density at radius 2 is 1.53 bits per heavy atom. The summed E-state index contributed by atoms with van der Waals surface area (Å²) in [7, 11) is 0. The van der Waals surface area contributed by atoms with Gasteiger partial charge in [-0.3, -0.25) is 0 Å². The van der Waals surface area contributed by atoms with Gasteiger partial charge in [-0.15, -0.1) is 0 Å². The lowest BCUT2D eigenvalue weighted by Gasteiger charge is -2.43. The molecule has 2 fully saturated rings. The number of hydrogen-bond donors (Lipinski definition) is 1. The van der Waals surface area contributed by atoms with Gasteiger partial charge in [-0.1, -0.05) is 13.8 Å². The highest BCUT2D eigenvalue weighted by atomic mass is 15.2. The van der Waals surface area contributed by atoms with Crippen LogP contribution in [0.4, 0.5) is 0 Å². The largest absolute Gasteiger partial charge is 0.311 e. The predicted molar refractivity (Wildman–Crippen MR) is 74.2 cm³/mol. The number of nitrogens with one attached hydrogen (secondary N) is 1. The molecule has 1 saturated carbocycles. The van der Waals surface area contributed by atoms with E-state index in [2.05, 4.69) is 37.9 Å². The van der Waals surface area contributed by atoms with Crippen LogP contribution in [0.15, 0.2) is 0 Å². The first-order valence-corrected chi connectivity index (χ1v) is 7.56. The van der Waals surface area contributed by atoms with Crippen molar-refractivity contribution in [1.29, 1.82) is 0 Å². The van der Waals surface area contributed by atoms with Crippen LogP contribution >= 0.6 is 0 Å². The highest BCUT2D eigenvalue weighted by molar-refractivity contribution is 4.90. The summed E-state index contributed by atoms with van der Waals surface area (Å²) in [5.74, 6) is 1.87. The lowest BCUT2D eigenvalue weighted by Crippen LogP contribution is -2.52. The van der Waals surface area contributed by atoms with Gasteiger partial charge in [0.15, 0.2) is 0 Å². The van der Waals surface area contributed by atoms with Crippen molar-refractivity contribution in [2.75, 3.05) is 13.1 Å². The Hall–Kier alpha value is -0.0800. The van der Waals surface area contributed by atoms with Crippen molar-refractivity contribution in [3.8, 4) is 0 Å². The molecule has 2 aliphatic rings. The molecule has 0 amide bonds. The minimum Gasteiger partial charge on any atom is -0.311 e. The summed E-state index contributed by atoms with van der Waals surface area (Å²) in [5.41, 5.74) is 0. The second-order valence-corrected chi connectivity index (χ2v) is 6.74. The highest BCUT2D eigenvalue weighted by Crippen LogP contribution is 2.34. The standard InChI is InChI=1S/C15H30N2/c1-11(2)13-9-15(10-13)16-14-5-7-17(8-6-14)12(3)4/h11-16H,5-10H2,1-4H3. The third-order valence-electron chi connectivity index (χ3n) is 4.85. The van der Waals surface area contributed by atoms with Gasteiger partial charge in [0.2, 0.25) is 0 Å². The SMILES string of the molecule is CC(C)C1CC(NC2CCN(C(C)C)CC2)C1. The van der Waals surface area contributed by atoms with E-state index in [0.29, 0.717) is 0 Å². The monoisotopic (exact) mass is 238 g/mol. The summed E-state index contributed by atoms with van der Waals surface area (Å²) < 4.78 is 0. The second-order valence-electron chi connectivity index (χ2n) is 6.74. The molecule has 0 bridgehead atoms. The molecule has 17 heavy (non-hydrogen) atoms. The average molecular weight is 238 g/mol. The van der Waals surface area contributed by atoms with Crippen LogP contribution in [0.25, 0.3) is 0 Å². The molecule has 0 spiro atoms. The molecule has 2 heteroatoms. The molecule has 1 N–H and O–H groups in total. The molecule has 0 unspecified atom stereocenters. The van der Waals surface area contributed by atoms with Crippen molar-refractivity contribution in [2.24, 2.45) is 11.8 Å². The maximum absolute atomic E-state index is 3.87. The molecule has 1 heterocycles. The van der Waals surface area contributed by atoms with Crippen molar-refractivity contribution in [1.82, 2.24) is 10.2 Å². The van der Waals surface area contributed by atoms with E-state index >= 15 is 0 Å². The zero-order chi connectivity index (χ0) is 12.4. The summed E-state index contributed by atoms with van der Waals surface area (Å²) >= 11 is 0. The van der Waals surface area contributed by atoms with Crippen LogP contribution in [0.3, 0.4) is 0 Å². The summed E-state index contributed by atoms with van der Waals surface area (Å²) in [6.07, 6.45) is 5.53. The Morgan fingerprint density at radius 3 is 2.00 bits per heavy atom. The Bertz CT molecular complexity index is 223. The van der Waals surface area contributed by atoms with E-state index in [-0.39, 0.29) is 0 Å². The van der Waals surface area contributed by atoms with Crippen LogP contribution in [0.2, 0.25) is 0 Å².